The molecule has 92 valence electrons. The Balaban J connectivity index is 1.76. The minimum Gasteiger partial charge on any atom is -0.293 e. The lowest BCUT2D eigenvalue weighted by Gasteiger charge is -2.38. The summed E-state index contributed by atoms with van der Waals surface area (Å²) >= 11 is 0. The van der Waals surface area contributed by atoms with Crippen LogP contribution in [-0.2, 0) is 6.42 Å². The minimum absolute atomic E-state index is 0.492. The van der Waals surface area contributed by atoms with Crippen molar-refractivity contribution in [1.29, 1.82) is 0 Å². The molecular formula is C14H21N3. The first-order valence-electron chi connectivity index (χ1n) is 7.02. The highest BCUT2D eigenvalue weighted by Crippen LogP contribution is 2.55. The fraction of sp³-hybridized carbons (Fsp3) is 0.786. The van der Waals surface area contributed by atoms with Crippen LogP contribution in [0.25, 0.3) is 0 Å². The van der Waals surface area contributed by atoms with E-state index >= 15 is 0 Å². The van der Waals surface area contributed by atoms with Gasteiger partial charge in [-0.2, -0.15) is 5.10 Å². The van der Waals surface area contributed by atoms with Crippen LogP contribution < -0.4 is 0 Å². The number of H-pyrrole nitrogens is 1. The number of nitrogens with one attached hydrogen (secondary N) is 1. The molecule has 0 bridgehead atoms. The Morgan fingerprint density at radius 2 is 2.41 bits per heavy atom. The number of rotatable bonds is 1. The van der Waals surface area contributed by atoms with Gasteiger partial charge in [-0.3, -0.25) is 10.00 Å². The highest BCUT2D eigenvalue weighted by atomic mass is 15.3. The largest absolute Gasteiger partial charge is 0.293 e. The van der Waals surface area contributed by atoms with Gasteiger partial charge in [0, 0.05) is 23.7 Å². The summed E-state index contributed by atoms with van der Waals surface area (Å²) in [6, 6.07) is 0.756. The van der Waals surface area contributed by atoms with Gasteiger partial charge in [-0.1, -0.05) is 13.8 Å². The molecule has 17 heavy (non-hydrogen) atoms. The lowest BCUT2D eigenvalue weighted by Crippen LogP contribution is -2.46. The average Bonchev–Trinajstić information content (AvgIpc) is 2.94. The standard InChI is InChI=1S/C14H21N3/c1-9(2)14-4-3-5-17(14)12-6-10-8-15-16-13(10)11(12)7-14/h8-9,11-12H,3-7H2,1-2H3,(H,15,16). The molecule has 0 amide bonds. The fourth-order valence-corrected chi connectivity index (χ4v) is 4.79. The molecule has 3 nitrogen and oxygen atoms in total. The van der Waals surface area contributed by atoms with Crippen molar-refractivity contribution in [2.24, 2.45) is 5.92 Å². The quantitative estimate of drug-likeness (QED) is 0.804. The van der Waals surface area contributed by atoms with Crippen molar-refractivity contribution in [2.45, 2.75) is 57.0 Å². The highest BCUT2D eigenvalue weighted by molar-refractivity contribution is 5.35. The molecule has 3 unspecified atom stereocenters. The maximum atomic E-state index is 4.51. The van der Waals surface area contributed by atoms with E-state index in [1.807, 2.05) is 0 Å². The molecule has 2 saturated heterocycles. The summed E-state index contributed by atoms with van der Waals surface area (Å²) in [6.45, 7) is 6.13. The fourth-order valence-electron chi connectivity index (χ4n) is 4.79. The predicted octanol–water partition coefficient (Wildman–Crippen LogP) is 2.31. The Morgan fingerprint density at radius 1 is 1.53 bits per heavy atom. The summed E-state index contributed by atoms with van der Waals surface area (Å²) in [4.78, 5) is 2.84. The Hall–Kier alpha value is -0.830. The Bertz CT molecular complexity index is 450. The van der Waals surface area contributed by atoms with E-state index in [4.69, 9.17) is 0 Å². The third-order valence-corrected chi connectivity index (χ3v) is 5.63. The summed E-state index contributed by atoms with van der Waals surface area (Å²) in [6.07, 6.45) is 7.47. The zero-order chi connectivity index (χ0) is 11.6. The van der Waals surface area contributed by atoms with E-state index in [0.717, 1.165) is 12.0 Å². The molecule has 0 aromatic carbocycles. The second-order valence-corrected chi connectivity index (χ2v) is 6.43. The van der Waals surface area contributed by atoms with E-state index in [0.29, 0.717) is 11.5 Å². The van der Waals surface area contributed by atoms with Crippen LogP contribution in [-0.4, -0.2) is 33.2 Å². The number of aromatic amines is 1. The highest BCUT2D eigenvalue weighted by Gasteiger charge is 2.58. The van der Waals surface area contributed by atoms with Crippen LogP contribution in [0, 0.1) is 5.92 Å². The van der Waals surface area contributed by atoms with Gasteiger partial charge in [0.1, 0.15) is 0 Å². The Morgan fingerprint density at radius 3 is 3.24 bits per heavy atom. The van der Waals surface area contributed by atoms with Gasteiger partial charge in [0.2, 0.25) is 0 Å². The van der Waals surface area contributed by atoms with Crippen molar-refractivity contribution < 1.29 is 0 Å². The summed E-state index contributed by atoms with van der Waals surface area (Å²) in [5, 5.41) is 7.56. The zero-order valence-electron chi connectivity index (χ0n) is 10.7. The van der Waals surface area contributed by atoms with Crippen molar-refractivity contribution in [3.05, 3.63) is 17.5 Å². The molecule has 3 aliphatic rings. The number of fused-ring (bicyclic) bond motifs is 5. The lowest BCUT2D eigenvalue weighted by molar-refractivity contribution is 0.104. The third-order valence-electron chi connectivity index (χ3n) is 5.63. The van der Waals surface area contributed by atoms with Gasteiger partial charge in [-0.05, 0) is 43.7 Å². The first kappa shape index (κ1) is 10.1. The van der Waals surface area contributed by atoms with Crippen LogP contribution in [0.1, 0.15) is 50.3 Å². The molecule has 1 N–H and O–H groups in total. The van der Waals surface area contributed by atoms with Crippen LogP contribution in [0.5, 0.6) is 0 Å². The van der Waals surface area contributed by atoms with Crippen molar-refractivity contribution in [3.63, 3.8) is 0 Å². The molecule has 1 aliphatic carbocycles. The second kappa shape index (κ2) is 3.14. The average molecular weight is 231 g/mol. The van der Waals surface area contributed by atoms with Gasteiger partial charge in [-0.25, -0.2) is 0 Å². The smallest absolute Gasteiger partial charge is 0.0701 e. The molecule has 1 aromatic heterocycles. The maximum Gasteiger partial charge on any atom is 0.0701 e. The van der Waals surface area contributed by atoms with Crippen LogP contribution >= 0.6 is 0 Å². The topological polar surface area (TPSA) is 31.9 Å². The van der Waals surface area contributed by atoms with Gasteiger partial charge >= 0.3 is 0 Å². The molecule has 2 fully saturated rings. The normalized spacial score (nSPS) is 39.7. The molecule has 2 aliphatic heterocycles. The summed E-state index contributed by atoms with van der Waals surface area (Å²) in [7, 11) is 0. The molecule has 3 atom stereocenters. The minimum atomic E-state index is 0.492. The monoisotopic (exact) mass is 231 g/mol. The summed E-state index contributed by atoms with van der Waals surface area (Å²) < 4.78 is 0. The molecule has 3 heterocycles. The predicted molar refractivity (Wildman–Crippen MR) is 66.9 cm³/mol. The lowest BCUT2D eigenvalue weighted by atomic mass is 9.80. The molecule has 0 saturated carbocycles. The van der Waals surface area contributed by atoms with Crippen LogP contribution in [0.3, 0.4) is 0 Å². The van der Waals surface area contributed by atoms with E-state index < -0.39 is 0 Å². The van der Waals surface area contributed by atoms with Crippen molar-refractivity contribution in [1.82, 2.24) is 15.1 Å². The van der Waals surface area contributed by atoms with Gasteiger partial charge < -0.3 is 0 Å². The second-order valence-electron chi connectivity index (χ2n) is 6.43. The summed E-state index contributed by atoms with van der Waals surface area (Å²) in [5.41, 5.74) is 3.35. The maximum absolute atomic E-state index is 4.51. The molecule has 0 radical (unpaired) electrons. The molecule has 0 spiro atoms. The summed E-state index contributed by atoms with van der Waals surface area (Å²) in [5.74, 6) is 1.48. The van der Waals surface area contributed by atoms with Crippen molar-refractivity contribution in [2.75, 3.05) is 6.54 Å². The van der Waals surface area contributed by atoms with E-state index in [-0.39, 0.29) is 0 Å². The van der Waals surface area contributed by atoms with Crippen LogP contribution in [0.2, 0.25) is 0 Å². The SMILES string of the molecule is CC(C)C12CCCN1C1Cc3c[nH]nc3C1C2. The molecule has 4 rings (SSSR count). The first-order valence-corrected chi connectivity index (χ1v) is 7.02. The van der Waals surface area contributed by atoms with E-state index in [1.54, 1.807) is 0 Å². The van der Waals surface area contributed by atoms with Crippen molar-refractivity contribution in [3.8, 4) is 0 Å². The Kier molecular flexibility index (Phi) is 1.87. The third kappa shape index (κ3) is 1.09. The number of hydrogen-bond acceptors (Lipinski definition) is 2. The first-order chi connectivity index (χ1) is 8.22. The van der Waals surface area contributed by atoms with Gasteiger partial charge in [0.25, 0.3) is 0 Å². The van der Waals surface area contributed by atoms with E-state index in [9.17, 15) is 0 Å². The van der Waals surface area contributed by atoms with Crippen molar-refractivity contribution >= 4 is 0 Å². The van der Waals surface area contributed by atoms with Gasteiger partial charge in [0.05, 0.1) is 5.69 Å². The number of aromatic nitrogens is 2. The molecular weight excluding hydrogens is 210 g/mol. The Labute approximate surface area is 103 Å². The van der Waals surface area contributed by atoms with Crippen LogP contribution in [0.15, 0.2) is 6.20 Å². The molecule has 3 heteroatoms. The van der Waals surface area contributed by atoms with Gasteiger partial charge in [-0.15, -0.1) is 0 Å². The number of nitrogens with zero attached hydrogens (tertiary/aromatic N) is 2. The molecule has 1 aromatic rings. The number of hydrogen-bond donors (Lipinski definition) is 1. The van der Waals surface area contributed by atoms with Gasteiger partial charge in [0.15, 0.2) is 0 Å². The van der Waals surface area contributed by atoms with Crippen LogP contribution in [0.4, 0.5) is 0 Å². The van der Waals surface area contributed by atoms with E-state index in [1.165, 1.54) is 43.5 Å². The zero-order valence-corrected chi connectivity index (χ0v) is 10.7. The van der Waals surface area contributed by atoms with E-state index in [2.05, 4.69) is 35.1 Å².